The van der Waals surface area contributed by atoms with E-state index in [2.05, 4.69) is 101 Å². The molecule has 2 aromatic rings. The molecule has 0 aromatic heterocycles. The van der Waals surface area contributed by atoms with Crippen LogP contribution in [0.3, 0.4) is 0 Å². The number of hydrogen-bond acceptors (Lipinski definition) is 4. The zero-order valence-corrected chi connectivity index (χ0v) is 26.0. The number of allylic oxidation sites excluding steroid dienone is 7. The number of fused-ring (bicyclic) bond motifs is 2. The van der Waals surface area contributed by atoms with Crippen molar-refractivity contribution in [3.63, 3.8) is 0 Å². The maximum atomic E-state index is 11.5. The second kappa shape index (κ2) is 9.92. The molecular formula is C28H30I2N2O3S. The monoisotopic (exact) mass is 728 g/mol. The van der Waals surface area contributed by atoms with Gasteiger partial charge in [-0.2, -0.15) is 8.42 Å². The lowest BCUT2D eigenvalue weighted by Gasteiger charge is -2.29. The van der Waals surface area contributed by atoms with Crippen LogP contribution in [0.15, 0.2) is 83.5 Å². The molecule has 0 radical (unpaired) electrons. The van der Waals surface area contributed by atoms with Gasteiger partial charge in [-0.3, -0.25) is 4.55 Å². The summed E-state index contributed by atoms with van der Waals surface area (Å²) in [5, 5.41) is 3.36. The third-order valence-corrected chi connectivity index (χ3v) is 9.44. The van der Waals surface area contributed by atoms with E-state index in [0.29, 0.717) is 0 Å². The molecule has 190 valence electrons. The predicted octanol–water partition coefficient (Wildman–Crippen LogP) is 7.19. The summed E-state index contributed by atoms with van der Waals surface area (Å²) in [6.45, 7) is 8.67. The fraction of sp³-hybridized carbons (Fsp3) is 0.286. The zero-order chi connectivity index (χ0) is 26.5. The van der Waals surface area contributed by atoms with Gasteiger partial charge in [0.25, 0.3) is 10.1 Å². The van der Waals surface area contributed by atoms with E-state index in [1.54, 1.807) is 6.07 Å². The van der Waals surface area contributed by atoms with Crippen molar-refractivity contribution in [2.45, 2.75) is 49.5 Å². The molecule has 0 spiro atoms. The van der Waals surface area contributed by atoms with Gasteiger partial charge in [0, 0.05) is 42.1 Å². The molecule has 0 fully saturated rings. The van der Waals surface area contributed by atoms with Crippen LogP contribution in [0.1, 0.15) is 38.8 Å². The molecule has 2 aliphatic rings. The molecule has 2 aromatic carbocycles. The molecule has 0 saturated carbocycles. The Morgan fingerprint density at radius 1 is 1.00 bits per heavy atom. The predicted molar refractivity (Wildman–Crippen MR) is 166 cm³/mol. The average Bonchev–Trinajstić information content (AvgIpc) is 3.13. The molecule has 4 rings (SSSR count). The van der Waals surface area contributed by atoms with Gasteiger partial charge in [-0.1, -0.05) is 64.2 Å². The van der Waals surface area contributed by atoms with Crippen LogP contribution in [0.25, 0.3) is 0 Å². The lowest BCUT2D eigenvalue weighted by atomic mass is 9.80. The number of nitrogens with zero attached hydrogens (tertiary/aromatic N) is 1. The highest BCUT2D eigenvalue weighted by Crippen LogP contribution is 2.48. The summed E-state index contributed by atoms with van der Waals surface area (Å²) in [5.41, 5.74) is 4.96. The Balaban J connectivity index is 1.45. The van der Waals surface area contributed by atoms with E-state index in [4.69, 9.17) is 0 Å². The summed E-state index contributed by atoms with van der Waals surface area (Å²) < 4.78 is 35.0. The lowest BCUT2D eigenvalue weighted by Crippen LogP contribution is -2.37. The van der Waals surface area contributed by atoms with Crippen LogP contribution in [0.4, 0.5) is 11.4 Å². The van der Waals surface area contributed by atoms with E-state index in [-0.39, 0.29) is 16.4 Å². The SMILES string of the molecule is CN1c2cc(I)cc(I)c2C(C)(C)C1/C=C/C=C/C=C/C=C1\Nc2ccc(S(=O)(=O)O)cc2C1(C)C. The average molecular weight is 728 g/mol. The van der Waals surface area contributed by atoms with Crippen LogP contribution in [0.5, 0.6) is 0 Å². The number of anilines is 2. The highest BCUT2D eigenvalue weighted by atomic mass is 127. The molecule has 2 heterocycles. The second-order valence-corrected chi connectivity index (χ2v) is 14.1. The van der Waals surface area contributed by atoms with Gasteiger partial charge in [0.2, 0.25) is 0 Å². The fourth-order valence-electron chi connectivity index (χ4n) is 5.15. The van der Waals surface area contributed by atoms with Crippen LogP contribution < -0.4 is 10.2 Å². The van der Waals surface area contributed by atoms with Crippen molar-refractivity contribution in [3.8, 4) is 0 Å². The van der Waals surface area contributed by atoms with E-state index >= 15 is 0 Å². The molecule has 1 atom stereocenters. The minimum absolute atomic E-state index is 0.0134. The summed E-state index contributed by atoms with van der Waals surface area (Å²) >= 11 is 4.84. The lowest BCUT2D eigenvalue weighted by molar-refractivity contribution is 0.483. The molecule has 8 heteroatoms. The topological polar surface area (TPSA) is 69.6 Å². The van der Waals surface area contributed by atoms with E-state index in [1.165, 1.54) is 30.5 Å². The molecular weight excluding hydrogens is 698 g/mol. The normalized spacial score (nSPS) is 21.6. The first-order chi connectivity index (χ1) is 16.7. The van der Waals surface area contributed by atoms with Crippen molar-refractivity contribution in [1.82, 2.24) is 0 Å². The van der Waals surface area contributed by atoms with Crippen molar-refractivity contribution in [2.75, 3.05) is 17.3 Å². The van der Waals surface area contributed by atoms with Crippen molar-refractivity contribution >= 4 is 66.7 Å². The van der Waals surface area contributed by atoms with Crippen LogP contribution in [0, 0.1) is 7.14 Å². The molecule has 0 bridgehead atoms. The standard InChI is InChI=1S/C28H30I2N2O3S/c1-27(2)20-17-19(36(33,34)35)13-14-22(20)31-24(27)11-9-7-6-8-10-12-25-28(3,4)26-21(30)15-18(29)16-23(26)32(25)5/h6-17,25,31H,1-5H3,(H,33,34,35)/b8-6+,9-7+,12-10+,24-11-. The number of halogens is 2. The minimum atomic E-state index is -4.24. The third kappa shape index (κ3) is 5.06. The van der Waals surface area contributed by atoms with Gasteiger partial charge in [-0.25, -0.2) is 0 Å². The quantitative estimate of drug-likeness (QED) is 0.194. The van der Waals surface area contributed by atoms with Crippen LogP contribution in [0.2, 0.25) is 0 Å². The Kier molecular flexibility index (Phi) is 7.55. The van der Waals surface area contributed by atoms with E-state index in [0.717, 1.165) is 16.9 Å². The van der Waals surface area contributed by atoms with Crippen molar-refractivity contribution < 1.29 is 13.0 Å². The van der Waals surface area contributed by atoms with Gasteiger partial charge in [0.15, 0.2) is 0 Å². The highest BCUT2D eigenvalue weighted by Gasteiger charge is 2.43. The Hall–Kier alpha value is -1.63. The molecule has 2 N–H and O–H groups in total. The summed E-state index contributed by atoms with van der Waals surface area (Å²) in [6, 6.07) is 9.41. The van der Waals surface area contributed by atoms with Gasteiger partial charge in [0.1, 0.15) is 0 Å². The molecule has 0 amide bonds. The van der Waals surface area contributed by atoms with Crippen molar-refractivity contribution in [3.05, 3.63) is 96.8 Å². The minimum Gasteiger partial charge on any atom is -0.367 e. The van der Waals surface area contributed by atoms with E-state index < -0.39 is 15.5 Å². The van der Waals surface area contributed by atoms with E-state index in [1.807, 2.05) is 44.2 Å². The van der Waals surface area contributed by atoms with Crippen molar-refractivity contribution in [1.29, 1.82) is 0 Å². The second-order valence-electron chi connectivity index (χ2n) is 10.2. The number of rotatable bonds is 5. The van der Waals surface area contributed by atoms with Crippen LogP contribution in [-0.4, -0.2) is 26.1 Å². The Morgan fingerprint density at radius 3 is 2.36 bits per heavy atom. The van der Waals surface area contributed by atoms with E-state index in [9.17, 15) is 13.0 Å². The van der Waals surface area contributed by atoms with Crippen LogP contribution in [-0.2, 0) is 20.9 Å². The van der Waals surface area contributed by atoms with Gasteiger partial charge >= 0.3 is 0 Å². The molecule has 2 aliphatic heterocycles. The van der Waals surface area contributed by atoms with Crippen molar-refractivity contribution in [2.24, 2.45) is 0 Å². The Morgan fingerprint density at radius 2 is 1.67 bits per heavy atom. The molecule has 0 aliphatic carbocycles. The summed E-state index contributed by atoms with van der Waals surface area (Å²) in [6.07, 6.45) is 14.3. The number of hydrogen-bond donors (Lipinski definition) is 2. The molecule has 0 saturated heterocycles. The first-order valence-corrected chi connectivity index (χ1v) is 15.2. The van der Waals surface area contributed by atoms with Gasteiger partial charge < -0.3 is 10.2 Å². The maximum Gasteiger partial charge on any atom is 0.294 e. The van der Waals surface area contributed by atoms with Gasteiger partial charge in [0.05, 0.1) is 10.9 Å². The molecule has 36 heavy (non-hydrogen) atoms. The highest BCUT2D eigenvalue weighted by molar-refractivity contribution is 14.1. The number of likely N-dealkylation sites (N-methyl/N-ethyl adjacent to an activating group) is 1. The number of benzene rings is 2. The summed E-state index contributed by atoms with van der Waals surface area (Å²) in [7, 11) is -2.07. The smallest absolute Gasteiger partial charge is 0.294 e. The largest absolute Gasteiger partial charge is 0.367 e. The summed E-state index contributed by atoms with van der Waals surface area (Å²) in [4.78, 5) is 2.27. The molecule has 1 unspecified atom stereocenters. The summed E-state index contributed by atoms with van der Waals surface area (Å²) in [5.74, 6) is 0. The van der Waals surface area contributed by atoms with Crippen LogP contribution >= 0.6 is 45.2 Å². The first-order valence-electron chi connectivity index (χ1n) is 11.6. The first kappa shape index (κ1) is 27.4. The Bertz CT molecular complexity index is 1440. The van der Waals surface area contributed by atoms with Gasteiger partial charge in [-0.05, 0) is 92.7 Å². The van der Waals surface area contributed by atoms with Gasteiger partial charge in [-0.15, -0.1) is 0 Å². The number of nitrogens with one attached hydrogen (secondary N) is 1. The zero-order valence-electron chi connectivity index (χ0n) is 20.9. The third-order valence-electron chi connectivity index (χ3n) is 7.12. The molecule has 5 nitrogen and oxygen atoms in total. The maximum absolute atomic E-state index is 11.5. The Labute approximate surface area is 241 Å². The fourth-order valence-corrected chi connectivity index (χ4v) is 8.16.